The highest BCUT2D eigenvalue weighted by molar-refractivity contribution is 5.92. The average molecular weight is 385 g/mol. The van der Waals surface area contributed by atoms with E-state index in [9.17, 15) is 4.79 Å². The number of carbonyl (C=O) groups is 1. The Hall–Kier alpha value is -3.22. The Morgan fingerprint density at radius 2 is 1.82 bits per heavy atom. The number of ether oxygens (including phenoxy) is 3. The average Bonchev–Trinajstić information content (AvgIpc) is 2.73. The molecule has 0 saturated carbocycles. The highest BCUT2D eigenvalue weighted by atomic mass is 16.5. The topological polar surface area (TPSA) is 81.2 Å². The Bertz CT molecular complexity index is 804. The molecule has 0 aromatic heterocycles. The molecule has 2 N–H and O–H groups in total. The summed E-state index contributed by atoms with van der Waals surface area (Å²) < 4.78 is 15.7. The number of carbonyl (C=O) groups excluding carboxylic acids is 1. The van der Waals surface area contributed by atoms with E-state index in [0.29, 0.717) is 37.0 Å². The summed E-state index contributed by atoms with van der Waals surface area (Å²) in [6.07, 6.45) is 0. The van der Waals surface area contributed by atoms with Crippen molar-refractivity contribution >= 4 is 11.9 Å². The Labute approximate surface area is 165 Å². The van der Waals surface area contributed by atoms with Crippen LogP contribution in [0.5, 0.6) is 11.5 Å². The molecular weight excluding hydrogens is 358 g/mol. The molecule has 0 aliphatic carbocycles. The van der Waals surface area contributed by atoms with Gasteiger partial charge in [0.05, 0.1) is 20.8 Å². The number of hydrogen-bond donors (Lipinski definition) is 2. The minimum atomic E-state index is -0.436. The number of nitrogens with zero attached hydrogens (tertiary/aromatic N) is 1. The van der Waals surface area contributed by atoms with E-state index in [1.165, 1.54) is 19.8 Å². The van der Waals surface area contributed by atoms with E-state index in [-0.39, 0.29) is 0 Å². The molecule has 2 rings (SSSR count). The molecule has 2 aromatic rings. The predicted molar refractivity (Wildman–Crippen MR) is 109 cm³/mol. The number of aliphatic imine (C=N–C) groups is 1. The van der Waals surface area contributed by atoms with Gasteiger partial charge in [-0.1, -0.05) is 23.8 Å². The monoisotopic (exact) mass is 385 g/mol. The van der Waals surface area contributed by atoms with Crippen LogP contribution in [0.1, 0.15) is 21.5 Å². The van der Waals surface area contributed by atoms with Gasteiger partial charge in [-0.05, 0) is 36.8 Å². The zero-order chi connectivity index (χ0) is 20.4. The number of methoxy groups -OCH3 is 2. The summed E-state index contributed by atoms with van der Waals surface area (Å²) in [5.41, 5.74) is 2.49. The van der Waals surface area contributed by atoms with Crippen LogP contribution >= 0.6 is 0 Å². The van der Waals surface area contributed by atoms with Gasteiger partial charge in [0.1, 0.15) is 23.7 Å². The van der Waals surface area contributed by atoms with Crippen LogP contribution in [-0.2, 0) is 11.3 Å². The van der Waals surface area contributed by atoms with Gasteiger partial charge < -0.3 is 24.8 Å². The summed E-state index contributed by atoms with van der Waals surface area (Å²) in [4.78, 5) is 16.1. The Kier molecular flexibility index (Phi) is 8.14. The number of aryl methyl sites for hydroxylation is 1. The van der Waals surface area contributed by atoms with Crippen LogP contribution in [0.15, 0.2) is 47.5 Å². The first-order chi connectivity index (χ1) is 13.6. The van der Waals surface area contributed by atoms with Gasteiger partial charge in [-0.15, -0.1) is 0 Å². The van der Waals surface area contributed by atoms with E-state index in [0.717, 1.165) is 11.3 Å². The molecule has 7 heteroatoms. The SMILES string of the molecule is CN=C(NCCOc1ccc(C)cc1)NCc1ccc(OC)c(C(=O)OC)c1. The number of guanidine groups is 1. The van der Waals surface area contributed by atoms with E-state index >= 15 is 0 Å². The van der Waals surface area contributed by atoms with Crippen molar-refractivity contribution in [2.75, 3.05) is 34.4 Å². The van der Waals surface area contributed by atoms with Crippen LogP contribution in [0.25, 0.3) is 0 Å². The number of esters is 1. The fourth-order valence-electron chi connectivity index (χ4n) is 2.51. The lowest BCUT2D eigenvalue weighted by molar-refractivity contribution is 0.0597. The van der Waals surface area contributed by atoms with Gasteiger partial charge in [0.15, 0.2) is 5.96 Å². The fourth-order valence-corrected chi connectivity index (χ4v) is 2.51. The van der Waals surface area contributed by atoms with E-state index in [1.807, 2.05) is 37.3 Å². The molecular formula is C21H27N3O4. The van der Waals surface area contributed by atoms with Crippen LogP contribution in [0.2, 0.25) is 0 Å². The molecule has 0 heterocycles. The minimum absolute atomic E-state index is 0.388. The van der Waals surface area contributed by atoms with Crippen LogP contribution in [-0.4, -0.2) is 46.3 Å². The lowest BCUT2D eigenvalue weighted by Crippen LogP contribution is -2.38. The number of rotatable bonds is 8. The molecule has 2 aromatic carbocycles. The zero-order valence-electron chi connectivity index (χ0n) is 16.7. The third-order valence-electron chi connectivity index (χ3n) is 4.04. The van der Waals surface area contributed by atoms with E-state index in [2.05, 4.69) is 15.6 Å². The molecule has 0 bridgehead atoms. The second kappa shape index (κ2) is 10.8. The second-order valence-corrected chi connectivity index (χ2v) is 6.04. The summed E-state index contributed by atoms with van der Waals surface area (Å²) in [6.45, 7) is 3.65. The Morgan fingerprint density at radius 3 is 2.46 bits per heavy atom. The third kappa shape index (κ3) is 6.19. The maximum atomic E-state index is 11.9. The quantitative estimate of drug-likeness (QED) is 0.315. The van der Waals surface area contributed by atoms with Crippen molar-refractivity contribution in [3.8, 4) is 11.5 Å². The van der Waals surface area contributed by atoms with Crippen molar-refractivity contribution in [1.82, 2.24) is 10.6 Å². The molecule has 7 nitrogen and oxygen atoms in total. The maximum Gasteiger partial charge on any atom is 0.341 e. The zero-order valence-corrected chi connectivity index (χ0v) is 16.7. The van der Waals surface area contributed by atoms with Crippen molar-refractivity contribution in [3.05, 3.63) is 59.2 Å². The second-order valence-electron chi connectivity index (χ2n) is 6.04. The lowest BCUT2D eigenvalue weighted by atomic mass is 10.1. The van der Waals surface area contributed by atoms with Crippen LogP contribution < -0.4 is 20.1 Å². The van der Waals surface area contributed by atoms with Crippen molar-refractivity contribution in [2.24, 2.45) is 4.99 Å². The van der Waals surface area contributed by atoms with Gasteiger partial charge in [-0.2, -0.15) is 0 Å². The molecule has 0 saturated heterocycles. The molecule has 0 fully saturated rings. The summed E-state index contributed by atoms with van der Waals surface area (Å²) in [5, 5.41) is 6.39. The van der Waals surface area contributed by atoms with Gasteiger partial charge in [-0.3, -0.25) is 4.99 Å². The van der Waals surface area contributed by atoms with Crippen LogP contribution in [0.3, 0.4) is 0 Å². The first kappa shape index (κ1) is 21.1. The summed E-state index contributed by atoms with van der Waals surface area (Å²) >= 11 is 0. The molecule has 0 aliphatic rings. The van der Waals surface area contributed by atoms with E-state index < -0.39 is 5.97 Å². The van der Waals surface area contributed by atoms with Gasteiger partial charge >= 0.3 is 5.97 Å². The first-order valence-corrected chi connectivity index (χ1v) is 8.96. The third-order valence-corrected chi connectivity index (χ3v) is 4.04. The first-order valence-electron chi connectivity index (χ1n) is 8.96. The molecule has 0 atom stereocenters. The molecule has 0 spiro atoms. The van der Waals surface area contributed by atoms with Crippen LogP contribution in [0.4, 0.5) is 0 Å². The molecule has 0 radical (unpaired) electrons. The van der Waals surface area contributed by atoms with Gasteiger partial charge in [-0.25, -0.2) is 4.79 Å². The normalized spacial score (nSPS) is 10.9. The van der Waals surface area contributed by atoms with Crippen molar-refractivity contribution in [1.29, 1.82) is 0 Å². The van der Waals surface area contributed by atoms with E-state index in [4.69, 9.17) is 14.2 Å². The molecule has 0 aliphatic heterocycles. The molecule has 28 heavy (non-hydrogen) atoms. The molecule has 0 unspecified atom stereocenters. The highest BCUT2D eigenvalue weighted by Gasteiger charge is 2.13. The standard InChI is InChI=1S/C21H27N3O4/c1-15-5-8-17(9-6-15)28-12-11-23-21(22-2)24-14-16-7-10-19(26-3)18(13-16)20(25)27-4/h5-10,13H,11-12,14H2,1-4H3,(H2,22,23,24). The Morgan fingerprint density at radius 1 is 1.07 bits per heavy atom. The van der Waals surface area contributed by atoms with Crippen LogP contribution in [0, 0.1) is 6.92 Å². The Balaban J connectivity index is 1.83. The maximum absolute atomic E-state index is 11.9. The van der Waals surface area contributed by atoms with Crippen molar-refractivity contribution < 1.29 is 19.0 Å². The van der Waals surface area contributed by atoms with Gasteiger partial charge in [0.25, 0.3) is 0 Å². The highest BCUT2D eigenvalue weighted by Crippen LogP contribution is 2.20. The number of hydrogen-bond acceptors (Lipinski definition) is 5. The smallest absolute Gasteiger partial charge is 0.341 e. The number of benzene rings is 2. The van der Waals surface area contributed by atoms with Crippen molar-refractivity contribution in [3.63, 3.8) is 0 Å². The summed E-state index contributed by atoms with van der Waals surface area (Å²) in [6, 6.07) is 13.3. The summed E-state index contributed by atoms with van der Waals surface area (Å²) in [5.74, 6) is 1.52. The number of nitrogens with one attached hydrogen (secondary N) is 2. The summed E-state index contributed by atoms with van der Waals surface area (Å²) in [7, 11) is 4.56. The van der Waals surface area contributed by atoms with Gasteiger partial charge in [0, 0.05) is 13.6 Å². The van der Waals surface area contributed by atoms with E-state index in [1.54, 1.807) is 19.2 Å². The minimum Gasteiger partial charge on any atom is -0.496 e. The fraction of sp³-hybridized carbons (Fsp3) is 0.333. The molecule has 150 valence electrons. The predicted octanol–water partition coefficient (Wildman–Crippen LogP) is 2.53. The van der Waals surface area contributed by atoms with Crippen molar-refractivity contribution in [2.45, 2.75) is 13.5 Å². The molecule has 0 amide bonds. The van der Waals surface area contributed by atoms with Gasteiger partial charge in [0.2, 0.25) is 0 Å². The largest absolute Gasteiger partial charge is 0.496 e. The lowest BCUT2D eigenvalue weighted by Gasteiger charge is -2.14.